The van der Waals surface area contributed by atoms with Crippen LogP contribution in [-0.2, 0) is 4.79 Å². The van der Waals surface area contributed by atoms with Gasteiger partial charge in [-0.25, -0.2) is 0 Å². The van der Waals surface area contributed by atoms with Crippen molar-refractivity contribution in [2.75, 3.05) is 6.54 Å². The Morgan fingerprint density at radius 2 is 1.96 bits per heavy atom. The maximum atomic E-state index is 12.4. The highest BCUT2D eigenvalue weighted by Gasteiger charge is 2.37. The summed E-state index contributed by atoms with van der Waals surface area (Å²) in [6.07, 6.45) is 3.52. The maximum Gasteiger partial charge on any atom is 0.220 e. The van der Waals surface area contributed by atoms with Crippen molar-refractivity contribution in [3.05, 3.63) is 35.9 Å². The highest BCUT2D eigenvalue weighted by atomic mass is 16.3. The van der Waals surface area contributed by atoms with Crippen molar-refractivity contribution in [2.45, 2.75) is 59.5 Å². The minimum Gasteiger partial charge on any atom is -0.387 e. The molecule has 0 bridgehead atoms. The molecule has 1 amide bonds. The summed E-state index contributed by atoms with van der Waals surface area (Å²) in [4.78, 5) is 12.4. The fourth-order valence-corrected chi connectivity index (χ4v) is 4.17. The molecule has 3 nitrogen and oxygen atoms in total. The lowest BCUT2D eigenvalue weighted by atomic mass is 9.63. The Morgan fingerprint density at radius 3 is 2.58 bits per heavy atom. The third-order valence-corrected chi connectivity index (χ3v) is 5.56. The van der Waals surface area contributed by atoms with Crippen LogP contribution in [0, 0.1) is 23.2 Å². The van der Waals surface area contributed by atoms with Crippen molar-refractivity contribution in [3.8, 4) is 0 Å². The predicted octanol–water partition coefficient (Wildman–Crippen LogP) is 4.32. The molecule has 1 aliphatic rings. The molecule has 0 aliphatic heterocycles. The van der Waals surface area contributed by atoms with Crippen LogP contribution in [0.4, 0.5) is 0 Å². The number of nitrogens with one attached hydrogen (secondary N) is 1. The van der Waals surface area contributed by atoms with Gasteiger partial charge < -0.3 is 10.4 Å². The molecule has 2 N–H and O–H groups in total. The van der Waals surface area contributed by atoms with Crippen LogP contribution in [0.1, 0.15) is 65.0 Å². The van der Waals surface area contributed by atoms with Gasteiger partial charge in [-0.1, -0.05) is 58.0 Å². The molecule has 1 saturated carbocycles. The lowest BCUT2D eigenvalue weighted by Crippen LogP contribution is -2.37. The first-order chi connectivity index (χ1) is 11.3. The van der Waals surface area contributed by atoms with Crippen LogP contribution in [0.15, 0.2) is 30.3 Å². The Bertz CT molecular complexity index is 524. The monoisotopic (exact) mass is 331 g/mol. The van der Waals surface area contributed by atoms with Gasteiger partial charge in [-0.05, 0) is 48.0 Å². The van der Waals surface area contributed by atoms with E-state index in [2.05, 4.69) is 33.0 Å². The summed E-state index contributed by atoms with van der Waals surface area (Å²) < 4.78 is 0. The summed E-state index contributed by atoms with van der Waals surface area (Å²) in [6, 6.07) is 9.49. The Hall–Kier alpha value is -1.35. The summed E-state index contributed by atoms with van der Waals surface area (Å²) in [5, 5.41) is 13.1. The molecular weight excluding hydrogens is 298 g/mol. The molecule has 24 heavy (non-hydrogen) atoms. The predicted molar refractivity (Wildman–Crippen MR) is 98.5 cm³/mol. The summed E-state index contributed by atoms with van der Waals surface area (Å²) >= 11 is 0. The Kier molecular flexibility index (Phi) is 6.45. The van der Waals surface area contributed by atoms with Crippen molar-refractivity contribution >= 4 is 5.91 Å². The number of hydrogen-bond acceptors (Lipinski definition) is 2. The van der Waals surface area contributed by atoms with Gasteiger partial charge in [0.25, 0.3) is 0 Å². The van der Waals surface area contributed by atoms with Crippen LogP contribution >= 0.6 is 0 Å². The van der Waals surface area contributed by atoms with Crippen LogP contribution in [0.2, 0.25) is 0 Å². The van der Waals surface area contributed by atoms with Crippen molar-refractivity contribution in [1.29, 1.82) is 0 Å². The maximum absolute atomic E-state index is 12.4. The summed E-state index contributed by atoms with van der Waals surface area (Å²) in [5.74, 6) is 1.76. The largest absolute Gasteiger partial charge is 0.387 e. The van der Waals surface area contributed by atoms with Crippen LogP contribution in [0.3, 0.4) is 0 Å². The normalized spacial score (nSPS) is 24.6. The topological polar surface area (TPSA) is 49.3 Å². The molecule has 0 radical (unpaired) electrons. The number of aliphatic hydroxyl groups excluding tert-OH is 1. The fourth-order valence-electron chi connectivity index (χ4n) is 4.17. The van der Waals surface area contributed by atoms with E-state index in [4.69, 9.17) is 0 Å². The number of aliphatic hydroxyl groups is 1. The van der Waals surface area contributed by atoms with Crippen LogP contribution in [-0.4, -0.2) is 17.6 Å². The summed E-state index contributed by atoms with van der Waals surface area (Å²) in [7, 11) is 0. The van der Waals surface area contributed by atoms with Crippen molar-refractivity contribution in [3.63, 3.8) is 0 Å². The standard InChI is InChI=1S/C21H33NO2/c1-15(2)18-10-11-21(3,4)13-17(18)12-20(24)22-14-19(23)16-8-6-5-7-9-16/h5-9,15,17-19,23H,10-14H2,1-4H3,(H,22,24). The Balaban J connectivity index is 1.87. The van der Waals surface area contributed by atoms with Gasteiger partial charge in [0.05, 0.1) is 6.10 Å². The number of amides is 1. The van der Waals surface area contributed by atoms with Crippen molar-refractivity contribution < 1.29 is 9.90 Å². The minimum atomic E-state index is -0.640. The highest BCUT2D eigenvalue weighted by Crippen LogP contribution is 2.45. The molecule has 1 aromatic rings. The third kappa shape index (κ3) is 5.34. The van der Waals surface area contributed by atoms with Gasteiger partial charge >= 0.3 is 0 Å². The second-order valence-electron chi connectivity index (χ2n) is 8.51. The molecule has 3 unspecified atom stereocenters. The molecule has 2 rings (SSSR count). The average molecular weight is 332 g/mol. The van der Waals surface area contributed by atoms with E-state index >= 15 is 0 Å². The number of rotatable bonds is 6. The van der Waals surface area contributed by atoms with E-state index in [0.717, 1.165) is 12.0 Å². The molecule has 0 heterocycles. The zero-order valence-electron chi connectivity index (χ0n) is 15.6. The highest BCUT2D eigenvalue weighted by molar-refractivity contribution is 5.76. The van der Waals surface area contributed by atoms with Gasteiger partial charge in [0.1, 0.15) is 0 Å². The summed E-state index contributed by atoms with van der Waals surface area (Å²) in [5.41, 5.74) is 1.18. The molecule has 0 spiro atoms. The fraction of sp³-hybridized carbons (Fsp3) is 0.667. The molecule has 134 valence electrons. The second-order valence-corrected chi connectivity index (χ2v) is 8.51. The van der Waals surface area contributed by atoms with Crippen molar-refractivity contribution in [1.82, 2.24) is 5.32 Å². The molecular formula is C21H33NO2. The van der Waals surface area contributed by atoms with E-state index in [-0.39, 0.29) is 12.5 Å². The third-order valence-electron chi connectivity index (χ3n) is 5.56. The molecule has 0 aromatic heterocycles. The number of benzene rings is 1. The van der Waals surface area contributed by atoms with E-state index in [1.807, 2.05) is 30.3 Å². The molecule has 3 heteroatoms. The smallest absolute Gasteiger partial charge is 0.220 e. The quantitative estimate of drug-likeness (QED) is 0.815. The number of carbonyl (C=O) groups is 1. The van der Waals surface area contributed by atoms with Crippen LogP contribution in [0.25, 0.3) is 0 Å². The molecule has 1 aromatic carbocycles. The van der Waals surface area contributed by atoms with Gasteiger partial charge in [0.15, 0.2) is 0 Å². The van der Waals surface area contributed by atoms with Gasteiger partial charge in [0.2, 0.25) is 5.91 Å². The van der Waals surface area contributed by atoms with E-state index in [1.54, 1.807) is 0 Å². The first-order valence-corrected chi connectivity index (χ1v) is 9.28. The first kappa shape index (κ1) is 19.0. The first-order valence-electron chi connectivity index (χ1n) is 9.28. The summed E-state index contributed by atoms with van der Waals surface area (Å²) in [6.45, 7) is 9.45. The second kappa shape index (κ2) is 8.15. The SMILES string of the molecule is CC(C)C1CCC(C)(C)CC1CC(=O)NCC(O)c1ccccc1. The minimum absolute atomic E-state index is 0.0679. The Morgan fingerprint density at radius 1 is 1.29 bits per heavy atom. The van der Waals surface area contributed by atoms with Gasteiger partial charge in [-0.2, -0.15) is 0 Å². The lowest BCUT2D eigenvalue weighted by molar-refractivity contribution is -0.123. The van der Waals surface area contributed by atoms with E-state index in [9.17, 15) is 9.90 Å². The van der Waals surface area contributed by atoms with Gasteiger partial charge in [0, 0.05) is 13.0 Å². The molecule has 0 saturated heterocycles. The van der Waals surface area contributed by atoms with E-state index in [1.165, 1.54) is 12.8 Å². The lowest BCUT2D eigenvalue weighted by Gasteiger charge is -2.42. The number of carbonyl (C=O) groups excluding carboxylic acids is 1. The molecule has 3 atom stereocenters. The zero-order valence-corrected chi connectivity index (χ0v) is 15.6. The number of hydrogen-bond donors (Lipinski definition) is 2. The Labute approximate surface area is 146 Å². The molecule has 1 aliphatic carbocycles. The van der Waals surface area contributed by atoms with E-state index in [0.29, 0.717) is 29.6 Å². The van der Waals surface area contributed by atoms with Gasteiger partial charge in [-0.3, -0.25) is 4.79 Å². The van der Waals surface area contributed by atoms with E-state index < -0.39 is 6.10 Å². The average Bonchev–Trinajstić information content (AvgIpc) is 2.52. The van der Waals surface area contributed by atoms with Crippen LogP contribution < -0.4 is 5.32 Å². The zero-order chi connectivity index (χ0) is 17.7. The van der Waals surface area contributed by atoms with Gasteiger partial charge in [-0.15, -0.1) is 0 Å². The van der Waals surface area contributed by atoms with Crippen LogP contribution in [0.5, 0.6) is 0 Å². The van der Waals surface area contributed by atoms with Crippen molar-refractivity contribution in [2.24, 2.45) is 23.2 Å². The molecule has 1 fully saturated rings.